The van der Waals surface area contributed by atoms with Crippen LogP contribution in [0.4, 0.5) is 0 Å². The Balaban J connectivity index is 1.66. The van der Waals surface area contributed by atoms with E-state index in [1.54, 1.807) is 12.5 Å². The second-order valence-electron chi connectivity index (χ2n) is 6.90. The van der Waals surface area contributed by atoms with Crippen molar-refractivity contribution in [2.24, 2.45) is 5.41 Å². The van der Waals surface area contributed by atoms with E-state index >= 15 is 0 Å². The van der Waals surface area contributed by atoms with Crippen molar-refractivity contribution in [2.45, 2.75) is 18.9 Å². The first-order valence-electron chi connectivity index (χ1n) is 8.23. The lowest BCUT2D eigenvalue weighted by Crippen LogP contribution is -2.38. The predicted molar refractivity (Wildman–Crippen MR) is 87.9 cm³/mol. The van der Waals surface area contributed by atoms with Crippen LogP contribution in [0.25, 0.3) is 0 Å². The third-order valence-electron chi connectivity index (χ3n) is 5.47. The van der Waals surface area contributed by atoms with E-state index in [9.17, 15) is 4.79 Å². The van der Waals surface area contributed by atoms with Crippen molar-refractivity contribution < 1.29 is 9.21 Å². The summed E-state index contributed by atoms with van der Waals surface area (Å²) in [6.45, 7) is 3.47. The number of carbonyl (C=O) groups is 1. The van der Waals surface area contributed by atoms with Gasteiger partial charge in [-0.25, -0.2) is 0 Å². The maximum absolute atomic E-state index is 12.9. The third-order valence-corrected chi connectivity index (χ3v) is 5.47. The number of nitrogens with zero attached hydrogens (tertiary/aromatic N) is 2. The number of carbonyl (C=O) groups excluding carboxylic acids is 1. The number of likely N-dealkylation sites (tertiary alicyclic amines) is 2. The molecule has 3 heterocycles. The average Bonchev–Trinajstić information content (AvgIpc) is 3.27. The molecule has 2 fully saturated rings. The summed E-state index contributed by atoms with van der Waals surface area (Å²) in [5, 5.41) is 0. The normalized spacial score (nSPS) is 28.1. The Hall–Kier alpha value is -2.07. The molecule has 120 valence electrons. The minimum Gasteiger partial charge on any atom is -0.472 e. The SMILES string of the molecule is CN1CC[C@@]2(CN(Cc3ccoc3)C[C@@H]2c2ccccc2)C1=O. The molecule has 1 spiro atoms. The summed E-state index contributed by atoms with van der Waals surface area (Å²) in [5.74, 6) is 0.578. The summed E-state index contributed by atoms with van der Waals surface area (Å²) in [7, 11) is 1.93. The third kappa shape index (κ3) is 2.38. The Morgan fingerprint density at radius 2 is 2.09 bits per heavy atom. The minimum absolute atomic E-state index is 0.264. The monoisotopic (exact) mass is 310 g/mol. The van der Waals surface area contributed by atoms with E-state index in [1.165, 1.54) is 11.1 Å². The van der Waals surface area contributed by atoms with E-state index in [0.29, 0.717) is 5.91 Å². The van der Waals surface area contributed by atoms with Crippen LogP contribution >= 0.6 is 0 Å². The van der Waals surface area contributed by atoms with Crippen LogP contribution in [0, 0.1) is 5.41 Å². The predicted octanol–water partition coefficient (Wildman–Crippen LogP) is 2.73. The van der Waals surface area contributed by atoms with Crippen LogP contribution in [0.5, 0.6) is 0 Å². The summed E-state index contributed by atoms with van der Waals surface area (Å²) < 4.78 is 5.19. The number of benzene rings is 1. The van der Waals surface area contributed by atoms with Crippen LogP contribution in [-0.2, 0) is 11.3 Å². The molecule has 4 heteroatoms. The molecule has 4 nitrogen and oxygen atoms in total. The second-order valence-corrected chi connectivity index (χ2v) is 6.90. The number of amides is 1. The zero-order valence-corrected chi connectivity index (χ0v) is 13.4. The molecule has 23 heavy (non-hydrogen) atoms. The highest BCUT2D eigenvalue weighted by molar-refractivity contribution is 5.86. The Morgan fingerprint density at radius 3 is 2.74 bits per heavy atom. The molecular weight excluding hydrogens is 288 g/mol. The number of hydrogen-bond acceptors (Lipinski definition) is 3. The highest BCUT2D eigenvalue weighted by Gasteiger charge is 2.56. The van der Waals surface area contributed by atoms with E-state index in [0.717, 1.165) is 32.6 Å². The zero-order chi connectivity index (χ0) is 15.9. The van der Waals surface area contributed by atoms with Gasteiger partial charge in [0.2, 0.25) is 5.91 Å². The average molecular weight is 310 g/mol. The minimum atomic E-state index is -0.264. The van der Waals surface area contributed by atoms with Gasteiger partial charge in [0.05, 0.1) is 17.9 Å². The maximum atomic E-state index is 12.9. The first-order chi connectivity index (χ1) is 11.2. The van der Waals surface area contributed by atoms with Gasteiger partial charge < -0.3 is 9.32 Å². The number of rotatable bonds is 3. The fraction of sp³-hybridized carbons (Fsp3) is 0.421. The van der Waals surface area contributed by atoms with Gasteiger partial charge in [-0.2, -0.15) is 0 Å². The fourth-order valence-corrected chi connectivity index (χ4v) is 4.30. The first kappa shape index (κ1) is 14.5. The van der Waals surface area contributed by atoms with Crippen molar-refractivity contribution in [1.29, 1.82) is 0 Å². The Bertz CT molecular complexity index is 683. The molecule has 2 saturated heterocycles. The molecule has 0 bridgehead atoms. The van der Waals surface area contributed by atoms with Crippen LogP contribution in [0.1, 0.15) is 23.5 Å². The van der Waals surface area contributed by atoms with Crippen LogP contribution in [0.3, 0.4) is 0 Å². The van der Waals surface area contributed by atoms with Gasteiger partial charge in [0.25, 0.3) is 0 Å². The van der Waals surface area contributed by atoms with E-state index < -0.39 is 0 Å². The van der Waals surface area contributed by atoms with E-state index in [1.807, 2.05) is 24.1 Å². The van der Waals surface area contributed by atoms with Crippen LogP contribution in [-0.4, -0.2) is 42.4 Å². The van der Waals surface area contributed by atoms with Crippen molar-refractivity contribution >= 4 is 5.91 Å². The lowest BCUT2D eigenvalue weighted by molar-refractivity contribution is -0.135. The molecule has 0 N–H and O–H groups in total. The molecule has 0 saturated carbocycles. The summed E-state index contributed by atoms with van der Waals surface area (Å²) in [5.41, 5.74) is 2.19. The smallest absolute Gasteiger partial charge is 0.230 e. The highest BCUT2D eigenvalue weighted by Crippen LogP contribution is 2.49. The molecule has 2 aliphatic heterocycles. The number of hydrogen-bond donors (Lipinski definition) is 0. The molecule has 1 amide bonds. The zero-order valence-electron chi connectivity index (χ0n) is 13.4. The van der Waals surface area contributed by atoms with Crippen molar-refractivity contribution in [3.05, 3.63) is 60.1 Å². The van der Waals surface area contributed by atoms with Gasteiger partial charge in [0.15, 0.2) is 0 Å². The van der Waals surface area contributed by atoms with E-state index in [-0.39, 0.29) is 11.3 Å². The molecular formula is C19H22N2O2. The van der Waals surface area contributed by atoms with Crippen LogP contribution < -0.4 is 0 Å². The van der Waals surface area contributed by atoms with Gasteiger partial charge in [-0.3, -0.25) is 9.69 Å². The van der Waals surface area contributed by atoms with Crippen molar-refractivity contribution in [3.63, 3.8) is 0 Å². The van der Waals surface area contributed by atoms with Crippen LogP contribution in [0.15, 0.2) is 53.3 Å². The van der Waals surface area contributed by atoms with Crippen molar-refractivity contribution in [2.75, 3.05) is 26.7 Å². The van der Waals surface area contributed by atoms with Gasteiger partial charge in [-0.15, -0.1) is 0 Å². The van der Waals surface area contributed by atoms with Gasteiger partial charge in [-0.05, 0) is 18.1 Å². The van der Waals surface area contributed by atoms with Crippen LogP contribution in [0.2, 0.25) is 0 Å². The lowest BCUT2D eigenvalue weighted by atomic mass is 9.73. The molecule has 4 rings (SSSR count). The first-order valence-corrected chi connectivity index (χ1v) is 8.23. The van der Waals surface area contributed by atoms with Crippen molar-refractivity contribution in [3.8, 4) is 0 Å². The Kier molecular flexibility index (Phi) is 3.49. The van der Waals surface area contributed by atoms with Crippen molar-refractivity contribution in [1.82, 2.24) is 9.80 Å². The molecule has 2 aromatic rings. The summed E-state index contributed by atoms with van der Waals surface area (Å²) >= 11 is 0. The lowest BCUT2D eigenvalue weighted by Gasteiger charge is -2.28. The molecule has 0 aliphatic carbocycles. The standard InChI is InChI=1S/C19H22N2O2/c1-20-9-8-19(18(20)22)14-21(11-15-7-10-23-13-15)12-17(19)16-5-3-2-4-6-16/h2-7,10,13,17H,8-9,11-12,14H2,1H3/t17-,19+/m1/s1. The summed E-state index contributed by atoms with van der Waals surface area (Å²) in [6.07, 6.45) is 4.46. The molecule has 2 aliphatic rings. The Labute approximate surface area is 136 Å². The van der Waals surface area contributed by atoms with Gasteiger partial charge in [-0.1, -0.05) is 30.3 Å². The van der Waals surface area contributed by atoms with E-state index in [4.69, 9.17) is 4.42 Å². The highest BCUT2D eigenvalue weighted by atomic mass is 16.3. The summed E-state index contributed by atoms with van der Waals surface area (Å²) in [6, 6.07) is 12.5. The maximum Gasteiger partial charge on any atom is 0.230 e. The molecule has 0 unspecified atom stereocenters. The molecule has 2 atom stereocenters. The van der Waals surface area contributed by atoms with Gasteiger partial charge in [0, 0.05) is 44.7 Å². The van der Waals surface area contributed by atoms with Gasteiger partial charge >= 0.3 is 0 Å². The Morgan fingerprint density at radius 1 is 1.26 bits per heavy atom. The quantitative estimate of drug-likeness (QED) is 0.874. The number of furan rings is 1. The van der Waals surface area contributed by atoms with Gasteiger partial charge in [0.1, 0.15) is 0 Å². The summed E-state index contributed by atoms with van der Waals surface area (Å²) in [4.78, 5) is 17.2. The second kappa shape index (κ2) is 5.53. The molecule has 1 aromatic carbocycles. The fourth-order valence-electron chi connectivity index (χ4n) is 4.30. The topological polar surface area (TPSA) is 36.7 Å². The van der Waals surface area contributed by atoms with E-state index in [2.05, 4.69) is 29.2 Å². The molecule has 1 aromatic heterocycles. The largest absolute Gasteiger partial charge is 0.472 e. The molecule has 0 radical (unpaired) electrons.